The third-order valence-corrected chi connectivity index (χ3v) is 3.31. The standard InChI is InChI=1S/C8H5BrClIO/c1-4-2-5(11)3-6(7(4)9)8(10)12/h2-3H,1H3. The molecular formula is C8H5BrClIO. The monoisotopic (exact) mass is 358 g/mol. The van der Waals surface area contributed by atoms with Gasteiger partial charge in [-0.05, 0) is 74.7 Å². The molecular weight excluding hydrogens is 354 g/mol. The van der Waals surface area contributed by atoms with Crippen molar-refractivity contribution in [3.05, 3.63) is 31.3 Å². The summed E-state index contributed by atoms with van der Waals surface area (Å²) in [7, 11) is 0. The molecule has 0 saturated heterocycles. The highest BCUT2D eigenvalue weighted by Crippen LogP contribution is 2.25. The minimum atomic E-state index is -0.427. The molecule has 0 aromatic heterocycles. The summed E-state index contributed by atoms with van der Waals surface area (Å²) >= 11 is 10.8. The van der Waals surface area contributed by atoms with Crippen molar-refractivity contribution in [3.63, 3.8) is 0 Å². The molecule has 1 aromatic carbocycles. The van der Waals surface area contributed by atoms with Gasteiger partial charge in [0, 0.05) is 13.6 Å². The summed E-state index contributed by atoms with van der Waals surface area (Å²) in [4.78, 5) is 10.9. The lowest BCUT2D eigenvalue weighted by atomic mass is 10.2. The average molecular weight is 359 g/mol. The van der Waals surface area contributed by atoms with Gasteiger partial charge in [0.1, 0.15) is 0 Å². The number of aryl methyl sites for hydroxylation is 1. The molecule has 1 rings (SSSR count). The van der Waals surface area contributed by atoms with Crippen molar-refractivity contribution < 1.29 is 4.79 Å². The zero-order valence-electron chi connectivity index (χ0n) is 6.20. The molecule has 0 aliphatic carbocycles. The Kier molecular flexibility index (Phi) is 3.55. The largest absolute Gasteiger partial charge is 0.276 e. The molecule has 1 nitrogen and oxygen atoms in total. The maximum atomic E-state index is 10.9. The highest BCUT2D eigenvalue weighted by Gasteiger charge is 2.09. The van der Waals surface area contributed by atoms with E-state index in [1.807, 2.05) is 13.0 Å². The van der Waals surface area contributed by atoms with Gasteiger partial charge < -0.3 is 0 Å². The van der Waals surface area contributed by atoms with E-state index in [-0.39, 0.29) is 0 Å². The van der Waals surface area contributed by atoms with E-state index in [2.05, 4.69) is 38.5 Å². The average Bonchev–Trinajstić information content (AvgIpc) is 1.96. The van der Waals surface area contributed by atoms with Gasteiger partial charge in [0.15, 0.2) is 0 Å². The van der Waals surface area contributed by atoms with Gasteiger partial charge in [-0.1, -0.05) is 0 Å². The van der Waals surface area contributed by atoms with E-state index in [0.29, 0.717) is 5.56 Å². The molecule has 0 fully saturated rings. The fourth-order valence-corrected chi connectivity index (χ4v) is 2.32. The molecule has 0 heterocycles. The van der Waals surface area contributed by atoms with E-state index in [9.17, 15) is 4.79 Å². The number of carbonyl (C=O) groups is 1. The Hall–Kier alpha value is 0.390. The molecule has 0 aliphatic heterocycles. The molecule has 0 atom stereocenters. The van der Waals surface area contributed by atoms with Gasteiger partial charge in [-0.25, -0.2) is 0 Å². The summed E-state index contributed by atoms with van der Waals surface area (Å²) in [6, 6.07) is 3.74. The van der Waals surface area contributed by atoms with Gasteiger partial charge in [-0.3, -0.25) is 4.79 Å². The third-order valence-electron chi connectivity index (χ3n) is 1.43. The highest BCUT2D eigenvalue weighted by molar-refractivity contribution is 14.1. The normalized spacial score (nSPS) is 10.0. The smallest absolute Gasteiger partial charge is 0.253 e. The molecule has 0 aliphatic rings. The number of halogens is 3. The molecule has 0 amide bonds. The zero-order valence-corrected chi connectivity index (χ0v) is 10.7. The summed E-state index contributed by atoms with van der Waals surface area (Å²) in [6.45, 7) is 1.93. The summed E-state index contributed by atoms with van der Waals surface area (Å²) in [5.41, 5.74) is 1.55. The Morgan fingerprint density at radius 2 is 2.17 bits per heavy atom. The van der Waals surface area contributed by atoms with Crippen LogP contribution in [0, 0.1) is 10.5 Å². The molecule has 0 saturated carbocycles. The van der Waals surface area contributed by atoms with Crippen LogP contribution in [0.4, 0.5) is 0 Å². The number of hydrogen-bond acceptors (Lipinski definition) is 1. The summed E-state index contributed by atoms with van der Waals surface area (Å²) in [5.74, 6) is 0. The fourth-order valence-electron chi connectivity index (χ4n) is 0.869. The minimum absolute atomic E-state index is 0.427. The maximum absolute atomic E-state index is 10.9. The van der Waals surface area contributed by atoms with Gasteiger partial charge in [0.05, 0.1) is 0 Å². The summed E-state index contributed by atoms with van der Waals surface area (Å²) in [6.07, 6.45) is 0. The molecule has 4 heteroatoms. The predicted molar refractivity (Wildman–Crippen MR) is 61.8 cm³/mol. The first-order valence-electron chi connectivity index (χ1n) is 3.18. The van der Waals surface area contributed by atoms with Crippen molar-refractivity contribution in [2.24, 2.45) is 0 Å². The summed E-state index contributed by atoms with van der Waals surface area (Å²) in [5, 5.41) is -0.427. The van der Waals surface area contributed by atoms with Crippen molar-refractivity contribution in [2.75, 3.05) is 0 Å². The number of carbonyl (C=O) groups excluding carboxylic acids is 1. The third kappa shape index (κ3) is 2.20. The molecule has 64 valence electrons. The Bertz CT molecular complexity index is 338. The maximum Gasteiger partial charge on any atom is 0.253 e. The Balaban J connectivity index is 3.37. The van der Waals surface area contributed by atoms with Gasteiger partial charge in [-0.2, -0.15) is 0 Å². The predicted octanol–water partition coefficient (Wildman–Crippen LogP) is 3.74. The van der Waals surface area contributed by atoms with Crippen LogP contribution in [-0.2, 0) is 0 Å². The fraction of sp³-hybridized carbons (Fsp3) is 0.125. The molecule has 12 heavy (non-hydrogen) atoms. The first-order valence-corrected chi connectivity index (χ1v) is 5.43. The van der Waals surface area contributed by atoms with E-state index in [1.54, 1.807) is 6.07 Å². The molecule has 0 bridgehead atoms. The molecule has 1 aromatic rings. The first-order chi connectivity index (χ1) is 5.52. The molecule has 0 N–H and O–H groups in total. The van der Waals surface area contributed by atoms with E-state index in [4.69, 9.17) is 11.6 Å². The second-order valence-corrected chi connectivity index (χ2v) is 4.74. The van der Waals surface area contributed by atoms with E-state index in [1.165, 1.54) is 0 Å². The van der Waals surface area contributed by atoms with Crippen LogP contribution in [0.15, 0.2) is 16.6 Å². The number of benzene rings is 1. The quantitative estimate of drug-likeness (QED) is 0.551. The van der Waals surface area contributed by atoms with Crippen LogP contribution >= 0.6 is 50.1 Å². The number of hydrogen-bond donors (Lipinski definition) is 0. The van der Waals surface area contributed by atoms with Gasteiger partial charge in [0.2, 0.25) is 0 Å². The molecule has 0 spiro atoms. The van der Waals surface area contributed by atoms with Gasteiger partial charge >= 0.3 is 0 Å². The topological polar surface area (TPSA) is 17.1 Å². The Morgan fingerprint density at radius 1 is 1.58 bits per heavy atom. The van der Waals surface area contributed by atoms with Crippen LogP contribution in [-0.4, -0.2) is 5.24 Å². The zero-order chi connectivity index (χ0) is 9.30. The van der Waals surface area contributed by atoms with Gasteiger partial charge in [-0.15, -0.1) is 0 Å². The lowest BCUT2D eigenvalue weighted by Gasteiger charge is -2.03. The van der Waals surface area contributed by atoms with E-state index < -0.39 is 5.24 Å². The minimum Gasteiger partial charge on any atom is -0.276 e. The van der Waals surface area contributed by atoms with E-state index >= 15 is 0 Å². The second kappa shape index (κ2) is 4.07. The second-order valence-electron chi connectivity index (χ2n) is 2.36. The lowest BCUT2D eigenvalue weighted by molar-refractivity contribution is 0.108. The highest BCUT2D eigenvalue weighted by atomic mass is 127. The first kappa shape index (κ1) is 10.5. The molecule has 0 unspecified atom stereocenters. The van der Waals surface area contributed by atoms with Crippen LogP contribution in [0.1, 0.15) is 15.9 Å². The van der Waals surface area contributed by atoms with Crippen LogP contribution in [0.3, 0.4) is 0 Å². The van der Waals surface area contributed by atoms with Crippen molar-refractivity contribution >= 4 is 55.4 Å². The SMILES string of the molecule is Cc1cc(I)cc(C(=O)Cl)c1Br. The van der Waals surface area contributed by atoms with E-state index in [0.717, 1.165) is 13.6 Å². The van der Waals surface area contributed by atoms with Crippen LogP contribution in [0.25, 0.3) is 0 Å². The van der Waals surface area contributed by atoms with Crippen LogP contribution in [0.2, 0.25) is 0 Å². The number of rotatable bonds is 1. The van der Waals surface area contributed by atoms with Crippen LogP contribution in [0.5, 0.6) is 0 Å². The van der Waals surface area contributed by atoms with Crippen LogP contribution < -0.4 is 0 Å². The van der Waals surface area contributed by atoms with Crippen molar-refractivity contribution in [2.45, 2.75) is 6.92 Å². The Morgan fingerprint density at radius 3 is 2.67 bits per heavy atom. The lowest BCUT2D eigenvalue weighted by Crippen LogP contribution is -1.93. The van der Waals surface area contributed by atoms with Crippen molar-refractivity contribution in [1.29, 1.82) is 0 Å². The molecule has 0 radical (unpaired) electrons. The van der Waals surface area contributed by atoms with Crippen molar-refractivity contribution in [1.82, 2.24) is 0 Å². The summed E-state index contributed by atoms with van der Waals surface area (Å²) < 4.78 is 1.79. The van der Waals surface area contributed by atoms with Crippen molar-refractivity contribution in [3.8, 4) is 0 Å². The van der Waals surface area contributed by atoms with Gasteiger partial charge in [0.25, 0.3) is 5.24 Å². The Labute approximate surface area is 97.8 Å².